The normalized spacial score (nSPS) is 12.9. The first-order valence-electron chi connectivity index (χ1n) is 18.6. The van der Waals surface area contributed by atoms with E-state index in [1.54, 1.807) is 0 Å². The van der Waals surface area contributed by atoms with E-state index in [9.17, 15) is 0 Å². The average Bonchev–Trinajstić information content (AvgIpc) is 3.45. The number of hydrogen-bond acceptors (Lipinski definition) is 0. The standard InChI is InChI=1S/C53H38/c1-53(2)51-22-10-9-21-47(51)50-33-43-26-24-37-23-25-42(32-48(37)49(43)34-52(50)53)46-30-44(40-19-11-17-38(27-40)35-13-5-3-6-14-35)29-45(31-46)41-20-12-18-39(28-41)36-15-7-4-8-16-36/h3-34H,1-2H3. The summed E-state index contributed by atoms with van der Waals surface area (Å²) < 4.78 is 0. The molecule has 0 unspecified atom stereocenters. The van der Waals surface area contributed by atoms with Gasteiger partial charge >= 0.3 is 0 Å². The Kier molecular flexibility index (Phi) is 7.27. The maximum Gasteiger partial charge on any atom is 0.0159 e. The quantitative estimate of drug-likeness (QED) is 0.159. The minimum Gasteiger partial charge on any atom is -0.0622 e. The Morgan fingerprint density at radius 3 is 1.30 bits per heavy atom. The number of hydrogen-bond donors (Lipinski definition) is 0. The van der Waals surface area contributed by atoms with Gasteiger partial charge in [-0.3, -0.25) is 0 Å². The van der Waals surface area contributed by atoms with Crippen LogP contribution in [0.2, 0.25) is 0 Å². The van der Waals surface area contributed by atoms with Gasteiger partial charge in [-0.1, -0.05) is 159 Å². The van der Waals surface area contributed by atoms with Crippen LogP contribution in [-0.2, 0) is 5.41 Å². The molecule has 1 aliphatic carbocycles. The second kappa shape index (κ2) is 12.3. The summed E-state index contributed by atoms with van der Waals surface area (Å²) in [6.07, 6.45) is 0. The van der Waals surface area contributed by atoms with Crippen molar-refractivity contribution in [3.63, 3.8) is 0 Å². The number of rotatable bonds is 5. The third kappa shape index (κ3) is 5.38. The molecule has 9 aromatic rings. The van der Waals surface area contributed by atoms with E-state index in [2.05, 4.69) is 208 Å². The Hall–Kier alpha value is -6.50. The second-order valence-electron chi connectivity index (χ2n) is 15.0. The third-order valence-corrected chi connectivity index (χ3v) is 11.4. The average molecular weight is 675 g/mol. The fraction of sp³-hybridized carbons (Fsp3) is 0.0566. The van der Waals surface area contributed by atoms with Gasteiger partial charge in [0.25, 0.3) is 0 Å². The largest absolute Gasteiger partial charge is 0.0622 e. The molecule has 0 nitrogen and oxygen atoms in total. The van der Waals surface area contributed by atoms with E-state index >= 15 is 0 Å². The molecule has 0 aromatic heterocycles. The van der Waals surface area contributed by atoms with Crippen molar-refractivity contribution < 1.29 is 0 Å². The summed E-state index contributed by atoms with van der Waals surface area (Å²) in [5.41, 5.74) is 17.6. The SMILES string of the molecule is CC1(C)c2ccccc2-c2cc3ccc4ccc(-c5cc(-c6cccc(-c7ccccc7)c6)cc(-c6cccc(-c7ccccc7)c6)c5)cc4c3cc21. The van der Waals surface area contributed by atoms with Gasteiger partial charge < -0.3 is 0 Å². The first-order valence-corrected chi connectivity index (χ1v) is 18.6. The van der Waals surface area contributed by atoms with Gasteiger partial charge in [-0.2, -0.15) is 0 Å². The maximum absolute atomic E-state index is 2.47. The van der Waals surface area contributed by atoms with Gasteiger partial charge in [0.05, 0.1) is 0 Å². The zero-order chi connectivity index (χ0) is 35.5. The van der Waals surface area contributed by atoms with Crippen LogP contribution in [0.3, 0.4) is 0 Å². The third-order valence-electron chi connectivity index (χ3n) is 11.4. The molecule has 0 atom stereocenters. The highest BCUT2D eigenvalue weighted by atomic mass is 14.4. The van der Waals surface area contributed by atoms with Crippen LogP contribution in [0.15, 0.2) is 194 Å². The van der Waals surface area contributed by atoms with Crippen molar-refractivity contribution in [1.82, 2.24) is 0 Å². The summed E-state index contributed by atoms with van der Waals surface area (Å²) >= 11 is 0. The fourth-order valence-corrected chi connectivity index (χ4v) is 8.58. The van der Waals surface area contributed by atoms with Crippen LogP contribution in [0.25, 0.3) is 88.3 Å². The smallest absolute Gasteiger partial charge is 0.0159 e. The molecule has 0 saturated carbocycles. The van der Waals surface area contributed by atoms with Crippen LogP contribution < -0.4 is 0 Å². The minimum absolute atomic E-state index is 0.0499. The summed E-state index contributed by atoms with van der Waals surface area (Å²) in [7, 11) is 0. The fourth-order valence-electron chi connectivity index (χ4n) is 8.58. The summed E-state index contributed by atoms with van der Waals surface area (Å²) in [5, 5.41) is 5.15. The first kappa shape index (κ1) is 31.3. The highest BCUT2D eigenvalue weighted by Gasteiger charge is 2.35. The molecule has 9 aromatic carbocycles. The van der Waals surface area contributed by atoms with E-state index in [4.69, 9.17) is 0 Å². The Morgan fingerprint density at radius 2 is 0.698 bits per heavy atom. The maximum atomic E-state index is 2.47. The summed E-state index contributed by atoms with van der Waals surface area (Å²) in [4.78, 5) is 0. The van der Waals surface area contributed by atoms with Gasteiger partial charge in [0.15, 0.2) is 0 Å². The van der Waals surface area contributed by atoms with Gasteiger partial charge in [0.1, 0.15) is 0 Å². The zero-order valence-electron chi connectivity index (χ0n) is 30.0. The van der Waals surface area contributed by atoms with E-state index in [1.807, 2.05) is 0 Å². The molecule has 53 heavy (non-hydrogen) atoms. The molecule has 0 bridgehead atoms. The first-order chi connectivity index (χ1) is 26.0. The molecule has 250 valence electrons. The lowest BCUT2D eigenvalue weighted by molar-refractivity contribution is 0.661. The van der Waals surface area contributed by atoms with Crippen LogP contribution in [0.1, 0.15) is 25.0 Å². The van der Waals surface area contributed by atoms with E-state index in [-0.39, 0.29) is 5.41 Å². The predicted molar refractivity (Wildman–Crippen MR) is 226 cm³/mol. The molecule has 0 saturated heterocycles. The van der Waals surface area contributed by atoms with Crippen LogP contribution >= 0.6 is 0 Å². The van der Waals surface area contributed by atoms with Crippen molar-refractivity contribution in [3.8, 4) is 66.8 Å². The van der Waals surface area contributed by atoms with Crippen molar-refractivity contribution in [1.29, 1.82) is 0 Å². The predicted octanol–water partition coefficient (Wildman–Crippen LogP) is 14.6. The molecule has 0 fully saturated rings. The second-order valence-corrected chi connectivity index (χ2v) is 15.0. The molecule has 0 spiro atoms. The van der Waals surface area contributed by atoms with E-state index in [0.29, 0.717) is 0 Å². The van der Waals surface area contributed by atoms with Gasteiger partial charge in [-0.25, -0.2) is 0 Å². The molecule has 0 aliphatic heterocycles. The van der Waals surface area contributed by atoms with Crippen molar-refractivity contribution in [2.24, 2.45) is 0 Å². The molecule has 1 aliphatic rings. The molecule has 0 radical (unpaired) electrons. The van der Waals surface area contributed by atoms with Crippen LogP contribution in [0.5, 0.6) is 0 Å². The molecular weight excluding hydrogens is 637 g/mol. The van der Waals surface area contributed by atoms with Gasteiger partial charge in [0.2, 0.25) is 0 Å². The highest BCUT2D eigenvalue weighted by molar-refractivity contribution is 6.11. The Morgan fingerprint density at radius 1 is 0.264 bits per heavy atom. The Labute approximate surface area is 311 Å². The summed E-state index contributed by atoms with van der Waals surface area (Å²) in [6.45, 7) is 4.74. The number of fused-ring (bicyclic) bond motifs is 6. The van der Waals surface area contributed by atoms with Crippen LogP contribution in [-0.4, -0.2) is 0 Å². The summed E-state index contributed by atoms with van der Waals surface area (Å²) in [5.74, 6) is 0. The lowest BCUT2D eigenvalue weighted by atomic mass is 9.81. The molecule has 0 heteroatoms. The topological polar surface area (TPSA) is 0 Å². The molecule has 0 heterocycles. The van der Waals surface area contributed by atoms with E-state index < -0.39 is 0 Å². The lowest BCUT2D eigenvalue weighted by Gasteiger charge is -2.22. The molecule has 10 rings (SSSR count). The van der Waals surface area contributed by atoms with E-state index in [1.165, 1.54) is 99.4 Å². The van der Waals surface area contributed by atoms with Crippen LogP contribution in [0.4, 0.5) is 0 Å². The van der Waals surface area contributed by atoms with E-state index in [0.717, 1.165) is 0 Å². The Balaban J connectivity index is 1.16. The van der Waals surface area contributed by atoms with Crippen molar-refractivity contribution >= 4 is 21.5 Å². The van der Waals surface area contributed by atoms with Gasteiger partial charge in [-0.15, -0.1) is 0 Å². The lowest BCUT2D eigenvalue weighted by Crippen LogP contribution is -2.14. The van der Waals surface area contributed by atoms with Crippen molar-refractivity contribution in [3.05, 3.63) is 205 Å². The van der Waals surface area contributed by atoms with Gasteiger partial charge in [-0.05, 0) is 148 Å². The van der Waals surface area contributed by atoms with Crippen molar-refractivity contribution in [2.75, 3.05) is 0 Å². The monoisotopic (exact) mass is 674 g/mol. The molecular formula is C53H38. The zero-order valence-corrected chi connectivity index (χ0v) is 30.0. The number of benzene rings is 9. The minimum atomic E-state index is -0.0499. The molecule has 0 amide bonds. The molecule has 0 N–H and O–H groups in total. The van der Waals surface area contributed by atoms with Crippen LogP contribution in [0, 0.1) is 0 Å². The van der Waals surface area contributed by atoms with Crippen molar-refractivity contribution in [2.45, 2.75) is 19.3 Å². The Bertz CT molecular complexity index is 2740. The summed E-state index contributed by atoms with van der Waals surface area (Å²) in [6, 6.07) is 71.7. The van der Waals surface area contributed by atoms with Gasteiger partial charge in [0, 0.05) is 5.41 Å². The highest BCUT2D eigenvalue weighted by Crippen LogP contribution is 2.50.